The zero-order valence-electron chi connectivity index (χ0n) is 26.1. The number of hydrogen-bond acceptors (Lipinski definition) is 6. The van der Waals surface area contributed by atoms with Crippen molar-refractivity contribution in [1.82, 2.24) is 18.8 Å². The van der Waals surface area contributed by atoms with Crippen LogP contribution in [0.3, 0.4) is 0 Å². The molecule has 48 heavy (non-hydrogen) atoms. The van der Waals surface area contributed by atoms with Crippen molar-refractivity contribution in [2.24, 2.45) is 0 Å². The van der Waals surface area contributed by atoms with E-state index in [4.69, 9.17) is 9.47 Å². The standard InChI is InChI=1S/C24H18N2O3.C16H12N2O/c1-28-24(27)19-10-7-11-20(16-19)29-17-21-22(14-13-18-8-3-2-4-9-18)26-15-6-5-12-23(26)25-21;19-12-14-15(10-9-13-6-2-1-3-7-13)18-11-5-4-8-16(18)17-14/h2-12,15-16H,17H2,1H3;1-8,11,19H,12H2. The number of aliphatic hydroxyl groups is 1. The summed E-state index contributed by atoms with van der Waals surface area (Å²) in [6, 6.07) is 38.0. The predicted octanol–water partition coefficient (Wildman–Crippen LogP) is 6.33. The molecular weight excluding hydrogens is 600 g/mol. The van der Waals surface area contributed by atoms with E-state index < -0.39 is 5.97 Å². The Morgan fingerprint density at radius 1 is 0.667 bits per heavy atom. The second-order valence-corrected chi connectivity index (χ2v) is 10.4. The third-order valence-electron chi connectivity index (χ3n) is 7.18. The van der Waals surface area contributed by atoms with Crippen molar-refractivity contribution in [1.29, 1.82) is 0 Å². The highest BCUT2D eigenvalue weighted by atomic mass is 16.5. The maximum Gasteiger partial charge on any atom is 0.337 e. The van der Waals surface area contributed by atoms with Crippen LogP contribution >= 0.6 is 0 Å². The summed E-state index contributed by atoms with van der Waals surface area (Å²) in [5, 5.41) is 9.37. The van der Waals surface area contributed by atoms with Crippen molar-refractivity contribution in [3.8, 4) is 29.4 Å². The van der Waals surface area contributed by atoms with Gasteiger partial charge in [0.15, 0.2) is 0 Å². The van der Waals surface area contributed by atoms with E-state index in [1.165, 1.54) is 7.11 Å². The maximum atomic E-state index is 11.7. The number of ether oxygens (including phenoxy) is 2. The summed E-state index contributed by atoms with van der Waals surface area (Å²) in [7, 11) is 1.35. The SMILES string of the molecule is COC(=O)c1cccc(OCc2nc3ccccn3c2C#Cc2ccccc2)c1.OCc1nc2ccccn2c1C#Cc1ccccc1. The van der Waals surface area contributed by atoms with Crippen LogP contribution < -0.4 is 4.74 Å². The smallest absolute Gasteiger partial charge is 0.337 e. The van der Waals surface area contributed by atoms with Gasteiger partial charge in [0.05, 0.1) is 19.3 Å². The third-order valence-corrected chi connectivity index (χ3v) is 7.18. The molecule has 234 valence electrons. The van der Waals surface area contributed by atoms with Gasteiger partial charge in [0, 0.05) is 23.5 Å². The second-order valence-electron chi connectivity index (χ2n) is 10.4. The molecule has 0 unspecified atom stereocenters. The van der Waals surface area contributed by atoms with Gasteiger partial charge >= 0.3 is 5.97 Å². The number of hydrogen-bond donors (Lipinski definition) is 1. The maximum absolute atomic E-state index is 11.7. The first-order valence-electron chi connectivity index (χ1n) is 15.1. The number of aliphatic hydroxyl groups excluding tert-OH is 1. The number of aromatic nitrogens is 4. The summed E-state index contributed by atoms with van der Waals surface area (Å²) >= 11 is 0. The van der Waals surface area contributed by atoms with Crippen LogP contribution in [0.15, 0.2) is 134 Å². The van der Waals surface area contributed by atoms with Crippen LogP contribution in [-0.4, -0.2) is 37.0 Å². The molecular formula is C40H30N4O4. The van der Waals surface area contributed by atoms with Gasteiger partial charge in [-0.15, -0.1) is 0 Å². The van der Waals surface area contributed by atoms with E-state index in [0.29, 0.717) is 17.0 Å². The van der Waals surface area contributed by atoms with E-state index in [1.54, 1.807) is 24.3 Å². The van der Waals surface area contributed by atoms with Crippen molar-refractivity contribution in [2.75, 3.05) is 7.11 Å². The van der Waals surface area contributed by atoms with Crippen molar-refractivity contribution in [2.45, 2.75) is 13.2 Å². The summed E-state index contributed by atoms with van der Waals surface area (Å²) in [5.74, 6) is 12.7. The van der Waals surface area contributed by atoms with E-state index in [2.05, 4.69) is 33.6 Å². The Labute approximate surface area is 277 Å². The Kier molecular flexibility index (Phi) is 9.88. The summed E-state index contributed by atoms with van der Waals surface area (Å²) in [5.41, 5.74) is 6.74. The molecule has 0 saturated carbocycles. The molecule has 7 rings (SSSR count). The lowest BCUT2D eigenvalue weighted by atomic mass is 10.2. The van der Waals surface area contributed by atoms with Gasteiger partial charge in [-0.1, -0.05) is 66.4 Å². The molecule has 4 aromatic heterocycles. The lowest BCUT2D eigenvalue weighted by Crippen LogP contribution is -2.03. The van der Waals surface area contributed by atoms with Gasteiger partial charge in [-0.05, 0) is 78.6 Å². The number of carbonyl (C=O) groups is 1. The van der Waals surface area contributed by atoms with E-state index >= 15 is 0 Å². The molecule has 0 aliphatic carbocycles. The van der Waals surface area contributed by atoms with Crippen LogP contribution in [0.25, 0.3) is 11.3 Å². The van der Waals surface area contributed by atoms with Gasteiger partial charge in [-0.25, -0.2) is 14.8 Å². The molecule has 0 saturated heterocycles. The minimum Gasteiger partial charge on any atom is -0.487 e. The zero-order chi connectivity index (χ0) is 33.1. The third kappa shape index (κ3) is 7.43. The van der Waals surface area contributed by atoms with E-state index in [-0.39, 0.29) is 13.2 Å². The van der Waals surface area contributed by atoms with E-state index in [9.17, 15) is 9.90 Å². The van der Waals surface area contributed by atoms with Crippen LogP contribution in [0.4, 0.5) is 0 Å². The van der Waals surface area contributed by atoms with Gasteiger partial charge in [0.2, 0.25) is 0 Å². The molecule has 0 aliphatic rings. The number of methoxy groups -OCH3 is 1. The monoisotopic (exact) mass is 630 g/mol. The van der Waals surface area contributed by atoms with Crippen molar-refractivity contribution >= 4 is 17.3 Å². The Morgan fingerprint density at radius 3 is 1.77 bits per heavy atom. The second kappa shape index (κ2) is 15.1. The summed E-state index contributed by atoms with van der Waals surface area (Å²) in [4.78, 5) is 20.7. The van der Waals surface area contributed by atoms with Crippen molar-refractivity contribution < 1.29 is 19.4 Å². The average molecular weight is 631 g/mol. The molecule has 0 spiro atoms. The molecule has 4 heterocycles. The lowest BCUT2D eigenvalue weighted by Gasteiger charge is -2.06. The van der Waals surface area contributed by atoms with Crippen LogP contribution in [0.1, 0.15) is 44.3 Å². The predicted molar refractivity (Wildman–Crippen MR) is 183 cm³/mol. The number of nitrogens with zero attached hydrogens (tertiary/aromatic N) is 4. The first kappa shape index (κ1) is 31.4. The van der Waals surface area contributed by atoms with E-state index in [0.717, 1.165) is 39.5 Å². The molecule has 3 aromatic carbocycles. The quantitative estimate of drug-likeness (QED) is 0.177. The molecule has 7 aromatic rings. The number of rotatable bonds is 5. The number of benzene rings is 3. The summed E-state index contributed by atoms with van der Waals surface area (Å²) in [6.45, 7) is 0.117. The van der Waals surface area contributed by atoms with Crippen LogP contribution in [0.2, 0.25) is 0 Å². The van der Waals surface area contributed by atoms with Gasteiger partial charge in [0.25, 0.3) is 0 Å². The van der Waals surface area contributed by atoms with Gasteiger partial charge < -0.3 is 14.6 Å². The highest BCUT2D eigenvalue weighted by molar-refractivity contribution is 5.89. The number of imidazole rings is 2. The van der Waals surface area contributed by atoms with Crippen LogP contribution in [0, 0.1) is 23.7 Å². The molecule has 0 fully saturated rings. The van der Waals surface area contributed by atoms with Crippen LogP contribution in [0.5, 0.6) is 5.75 Å². The zero-order valence-corrected chi connectivity index (χ0v) is 26.1. The molecule has 1 N–H and O–H groups in total. The topological polar surface area (TPSA) is 90.4 Å². The van der Waals surface area contributed by atoms with Crippen molar-refractivity contribution in [3.63, 3.8) is 0 Å². The molecule has 0 atom stereocenters. The summed E-state index contributed by atoms with van der Waals surface area (Å²) in [6.07, 6.45) is 3.83. The fraction of sp³-hybridized carbons (Fsp3) is 0.0750. The summed E-state index contributed by atoms with van der Waals surface area (Å²) < 4.78 is 14.5. The first-order valence-corrected chi connectivity index (χ1v) is 15.1. The highest BCUT2D eigenvalue weighted by Crippen LogP contribution is 2.18. The highest BCUT2D eigenvalue weighted by Gasteiger charge is 2.12. The lowest BCUT2D eigenvalue weighted by molar-refractivity contribution is 0.0600. The fourth-order valence-corrected chi connectivity index (χ4v) is 4.85. The fourth-order valence-electron chi connectivity index (χ4n) is 4.85. The number of fused-ring (bicyclic) bond motifs is 2. The molecule has 0 radical (unpaired) electrons. The molecule has 8 nitrogen and oxygen atoms in total. The van der Waals surface area contributed by atoms with Crippen molar-refractivity contribution in [3.05, 3.63) is 173 Å². The number of esters is 1. The largest absolute Gasteiger partial charge is 0.487 e. The van der Waals surface area contributed by atoms with Crippen LogP contribution in [-0.2, 0) is 18.0 Å². The minimum absolute atomic E-state index is 0.111. The average Bonchev–Trinajstić information content (AvgIpc) is 3.70. The Hall–Kier alpha value is -6.61. The Balaban J connectivity index is 0.000000182. The Bertz CT molecular complexity index is 2300. The molecule has 8 heteroatoms. The molecule has 0 amide bonds. The van der Waals surface area contributed by atoms with Gasteiger partial charge in [-0.3, -0.25) is 8.80 Å². The van der Waals surface area contributed by atoms with E-state index in [1.807, 2.05) is 118 Å². The minimum atomic E-state index is -0.405. The normalized spacial score (nSPS) is 10.2. The van der Waals surface area contributed by atoms with Gasteiger partial charge in [0.1, 0.15) is 46.4 Å². The van der Waals surface area contributed by atoms with Gasteiger partial charge in [-0.2, -0.15) is 0 Å². The first-order chi connectivity index (χ1) is 23.6. The number of pyridine rings is 2. The Morgan fingerprint density at radius 2 is 1.21 bits per heavy atom. The molecule has 0 aliphatic heterocycles. The molecule has 0 bridgehead atoms. The number of carbonyl (C=O) groups excluding carboxylic acids is 1.